The van der Waals surface area contributed by atoms with E-state index < -0.39 is 0 Å². The molecule has 0 aromatic heterocycles. The summed E-state index contributed by atoms with van der Waals surface area (Å²) in [4.78, 5) is 0. The van der Waals surface area contributed by atoms with Crippen LogP contribution in [0.2, 0.25) is 0 Å². The molecule has 1 rings (SSSR count). The van der Waals surface area contributed by atoms with E-state index in [0.717, 1.165) is 0 Å². The molecule has 83 valence electrons. The van der Waals surface area contributed by atoms with Crippen LogP contribution in [-0.4, -0.2) is 0 Å². The van der Waals surface area contributed by atoms with Gasteiger partial charge in [-0.1, -0.05) is 53.7 Å². The van der Waals surface area contributed by atoms with Gasteiger partial charge in [-0.05, 0) is 40.5 Å². The van der Waals surface area contributed by atoms with Crippen molar-refractivity contribution in [1.82, 2.24) is 0 Å². The summed E-state index contributed by atoms with van der Waals surface area (Å²) in [6, 6.07) is 8.00. The highest BCUT2D eigenvalue weighted by Crippen LogP contribution is 2.29. The Morgan fingerprint density at radius 1 is 0.867 bits per heavy atom. The minimum atomic E-state index is 0.187. The summed E-state index contributed by atoms with van der Waals surface area (Å²) in [6.45, 7) is 15.6. The molecule has 0 heterocycles. The Labute approximate surface area is 94.7 Å². The van der Waals surface area contributed by atoms with Gasteiger partial charge in [-0.25, -0.2) is 0 Å². The molecule has 1 aromatic carbocycles. The molecule has 0 atom stereocenters. The van der Waals surface area contributed by atoms with Gasteiger partial charge in [-0.3, -0.25) is 0 Å². The van der Waals surface area contributed by atoms with Crippen molar-refractivity contribution in [3.63, 3.8) is 0 Å². The van der Waals surface area contributed by atoms with Gasteiger partial charge in [0.05, 0.1) is 0 Å². The molecule has 0 saturated carbocycles. The van der Waals surface area contributed by atoms with Gasteiger partial charge in [0.15, 0.2) is 0 Å². The molecule has 0 fully saturated rings. The zero-order valence-corrected chi connectivity index (χ0v) is 11.2. The second kappa shape index (κ2) is 3.66. The number of hydrogen-bond acceptors (Lipinski definition) is 0. The van der Waals surface area contributed by atoms with Crippen molar-refractivity contribution in [2.75, 3.05) is 0 Å². The van der Waals surface area contributed by atoms with Gasteiger partial charge in [-0.15, -0.1) is 0 Å². The molecule has 0 aliphatic rings. The predicted octanol–water partition coefficient (Wildman–Crippen LogP) is 4.39. The fourth-order valence-electron chi connectivity index (χ4n) is 1.55. The molecule has 1 aromatic rings. The lowest BCUT2D eigenvalue weighted by atomic mass is 9.80. The summed E-state index contributed by atoms with van der Waals surface area (Å²) in [5.41, 5.74) is 4.37. The molecule has 0 amide bonds. The molecule has 0 unspecified atom stereocenters. The average molecular weight is 203 g/mol. The second-order valence-corrected chi connectivity index (χ2v) is 6.47. The average Bonchev–Trinajstić information content (AvgIpc) is 1.99. The molecule has 0 aliphatic carbocycles. The number of aryl methyl sites for hydroxylation is 1. The molecule has 0 N–H and O–H groups in total. The summed E-state index contributed by atoms with van der Waals surface area (Å²) in [5.74, 6) is 0. The van der Waals surface area contributed by atoms with Crippen LogP contribution in [0, 0.1) is 13.0 Å². The van der Waals surface area contributed by atoms with E-state index in [1.54, 1.807) is 0 Å². The highest BCUT2D eigenvalue weighted by atomic mass is 14.2. The first-order valence-electron chi connectivity index (χ1n) is 5.65. The minimum Gasteiger partial charge on any atom is -0.0561 e. The summed E-state index contributed by atoms with van der Waals surface area (Å²) in [5, 5.41) is 0. The van der Waals surface area contributed by atoms with E-state index in [2.05, 4.69) is 66.7 Å². The Balaban J connectivity index is 3.30. The van der Waals surface area contributed by atoms with E-state index in [1.165, 1.54) is 16.7 Å². The molecule has 0 bridgehead atoms. The number of rotatable bonds is 0. The fraction of sp³-hybridized carbons (Fsp3) is 0.600. The van der Waals surface area contributed by atoms with Crippen molar-refractivity contribution in [1.29, 1.82) is 0 Å². The normalized spacial score (nSPS) is 13.0. The molecule has 0 heteroatoms. The summed E-state index contributed by atoms with van der Waals surface area (Å²) < 4.78 is 0. The Bertz CT molecular complexity index is 313. The lowest BCUT2D eigenvalue weighted by Gasteiger charge is -2.25. The van der Waals surface area contributed by atoms with Crippen LogP contribution in [0.1, 0.15) is 58.2 Å². The quantitative estimate of drug-likeness (QED) is 0.586. The van der Waals surface area contributed by atoms with Gasteiger partial charge in [0.25, 0.3) is 0 Å². The van der Waals surface area contributed by atoms with Crippen LogP contribution in [0.25, 0.3) is 0 Å². The Kier molecular flexibility index (Phi) is 3.00. The van der Waals surface area contributed by atoms with E-state index in [9.17, 15) is 0 Å². The van der Waals surface area contributed by atoms with Crippen LogP contribution in [0.5, 0.6) is 0 Å². The monoisotopic (exact) mass is 203 g/mol. The lowest BCUT2D eigenvalue weighted by molar-refractivity contribution is 0.567. The third-order valence-electron chi connectivity index (χ3n) is 2.68. The van der Waals surface area contributed by atoms with Crippen LogP contribution in [0.15, 0.2) is 12.1 Å². The Morgan fingerprint density at radius 3 is 1.80 bits per heavy atom. The Morgan fingerprint density at radius 2 is 1.40 bits per heavy atom. The highest BCUT2D eigenvalue weighted by Gasteiger charge is 2.19. The van der Waals surface area contributed by atoms with E-state index in [1.807, 2.05) is 0 Å². The molecular formula is C15H23. The third-order valence-corrected chi connectivity index (χ3v) is 2.68. The maximum atomic E-state index is 3.46. The van der Waals surface area contributed by atoms with Crippen molar-refractivity contribution in [3.05, 3.63) is 34.9 Å². The first-order valence-corrected chi connectivity index (χ1v) is 5.65. The smallest absolute Gasteiger partial charge is 0.0111 e. The third kappa shape index (κ3) is 3.09. The first kappa shape index (κ1) is 12.3. The van der Waals surface area contributed by atoms with E-state index in [-0.39, 0.29) is 10.8 Å². The zero-order valence-electron chi connectivity index (χ0n) is 11.2. The van der Waals surface area contributed by atoms with Crippen molar-refractivity contribution >= 4 is 0 Å². The van der Waals surface area contributed by atoms with Crippen LogP contribution in [-0.2, 0) is 10.8 Å². The second-order valence-electron chi connectivity index (χ2n) is 6.47. The highest BCUT2D eigenvalue weighted by molar-refractivity contribution is 5.35. The summed E-state index contributed by atoms with van der Waals surface area (Å²) >= 11 is 0. The van der Waals surface area contributed by atoms with Crippen LogP contribution >= 0.6 is 0 Å². The van der Waals surface area contributed by atoms with Crippen molar-refractivity contribution in [2.24, 2.45) is 0 Å². The van der Waals surface area contributed by atoms with Gasteiger partial charge >= 0.3 is 0 Å². The van der Waals surface area contributed by atoms with Crippen molar-refractivity contribution < 1.29 is 0 Å². The standard InChI is InChI=1S/C15H23/c1-11-8-12(14(2,3)4)10-13(9-11)15(5,6)7/h8,10H,1-7H3. The Hall–Kier alpha value is -0.780. The predicted molar refractivity (Wildman–Crippen MR) is 67.4 cm³/mol. The maximum Gasteiger partial charge on any atom is -0.0111 e. The summed E-state index contributed by atoms with van der Waals surface area (Å²) in [7, 11) is 0. The number of hydrogen-bond donors (Lipinski definition) is 0. The zero-order chi connectivity index (χ0) is 11.9. The van der Waals surface area contributed by atoms with E-state index in [0.29, 0.717) is 0 Å². The molecule has 15 heavy (non-hydrogen) atoms. The SMILES string of the molecule is Cc1[c]c(C(C)(C)C)cc(C(C)(C)C)c1. The van der Waals surface area contributed by atoms with E-state index in [4.69, 9.17) is 0 Å². The minimum absolute atomic E-state index is 0.187. The van der Waals surface area contributed by atoms with Gasteiger partial charge in [-0.2, -0.15) is 0 Å². The summed E-state index contributed by atoms with van der Waals surface area (Å²) in [6.07, 6.45) is 0. The molecular weight excluding hydrogens is 180 g/mol. The molecule has 0 saturated heterocycles. The van der Waals surface area contributed by atoms with Crippen molar-refractivity contribution in [3.8, 4) is 0 Å². The van der Waals surface area contributed by atoms with Crippen molar-refractivity contribution in [2.45, 2.75) is 59.3 Å². The van der Waals surface area contributed by atoms with Crippen LogP contribution < -0.4 is 0 Å². The molecule has 1 radical (unpaired) electrons. The molecule has 0 spiro atoms. The largest absolute Gasteiger partial charge is 0.0561 e. The van der Waals surface area contributed by atoms with Crippen LogP contribution in [0.3, 0.4) is 0 Å². The number of benzene rings is 1. The molecule has 0 nitrogen and oxygen atoms in total. The fourth-order valence-corrected chi connectivity index (χ4v) is 1.55. The van der Waals surface area contributed by atoms with Gasteiger partial charge in [0.1, 0.15) is 0 Å². The topological polar surface area (TPSA) is 0 Å². The van der Waals surface area contributed by atoms with Gasteiger partial charge in [0, 0.05) is 0 Å². The van der Waals surface area contributed by atoms with Gasteiger partial charge in [0.2, 0.25) is 0 Å². The molecule has 0 aliphatic heterocycles. The first-order chi connectivity index (χ1) is 6.60. The van der Waals surface area contributed by atoms with E-state index >= 15 is 0 Å². The van der Waals surface area contributed by atoms with Gasteiger partial charge < -0.3 is 0 Å². The van der Waals surface area contributed by atoms with Crippen LogP contribution in [0.4, 0.5) is 0 Å². The maximum absolute atomic E-state index is 3.46. The lowest BCUT2D eigenvalue weighted by Crippen LogP contribution is -2.16.